The number of hydrogen-bond donors (Lipinski definition) is 0. The van der Waals surface area contributed by atoms with Crippen LogP contribution < -0.4 is 0 Å². The minimum Gasteiger partial charge on any atom is -0.165 e. The second-order valence-corrected chi connectivity index (χ2v) is 3.89. The Kier molecular flexibility index (Phi) is 3.63. The molecule has 74 valence electrons. The summed E-state index contributed by atoms with van der Waals surface area (Å²) in [7, 11) is 0. The molecule has 0 aromatic carbocycles. The summed E-state index contributed by atoms with van der Waals surface area (Å²) in [5.41, 5.74) is 3.17. The molecule has 0 spiro atoms. The van der Waals surface area contributed by atoms with Crippen molar-refractivity contribution < 1.29 is 13.2 Å². The van der Waals surface area contributed by atoms with Crippen LogP contribution in [0.15, 0.2) is 15.8 Å². The van der Waals surface area contributed by atoms with Crippen LogP contribution in [0.2, 0.25) is 0 Å². The Morgan fingerprint density at radius 2 is 1.69 bits per heavy atom. The van der Waals surface area contributed by atoms with Gasteiger partial charge < -0.3 is 0 Å². The largest absolute Gasteiger partial charge is 0.430 e. The molecule has 4 heteroatoms. The fourth-order valence-corrected chi connectivity index (χ4v) is 1.61. The van der Waals surface area contributed by atoms with Crippen LogP contribution >= 0.6 is 15.9 Å². The van der Waals surface area contributed by atoms with Crippen molar-refractivity contribution >= 4 is 15.9 Å². The first kappa shape index (κ1) is 10.9. The Morgan fingerprint density at radius 1 is 1.15 bits per heavy atom. The van der Waals surface area contributed by atoms with Crippen molar-refractivity contribution in [2.75, 3.05) is 0 Å². The predicted molar refractivity (Wildman–Crippen MR) is 48.6 cm³/mol. The Hall–Kier alpha value is -0.210. The Bertz CT molecular complexity index is 238. The zero-order valence-corrected chi connectivity index (χ0v) is 8.63. The molecule has 0 radical (unpaired) electrons. The van der Waals surface area contributed by atoms with Crippen LogP contribution in [-0.2, 0) is 0 Å². The van der Waals surface area contributed by atoms with Gasteiger partial charge in [-0.1, -0.05) is 6.42 Å². The molecule has 0 aliphatic heterocycles. The van der Waals surface area contributed by atoms with Crippen molar-refractivity contribution in [1.29, 1.82) is 0 Å². The first-order valence-corrected chi connectivity index (χ1v) is 5.01. The molecule has 0 saturated heterocycles. The third kappa shape index (κ3) is 3.57. The zero-order chi connectivity index (χ0) is 9.90. The molecule has 0 unspecified atom stereocenters. The highest BCUT2D eigenvalue weighted by Gasteiger charge is 2.32. The summed E-state index contributed by atoms with van der Waals surface area (Å²) in [5.74, 6) is 0. The van der Waals surface area contributed by atoms with Gasteiger partial charge in [-0.3, -0.25) is 0 Å². The lowest BCUT2D eigenvalue weighted by molar-refractivity contribution is -0.0827. The molecule has 0 bridgehead atoms. The van der Waals surface area contributed by atoms with Gasteiger partial charge in [-0.2, -0.15) is 13.2 Å². The molecule has 13 heavy (non-hydrogen) atoms. The first-order valence-electron chi connectivity index (χ1n) is 4.21. The maximum absolute atomic E-state index is 12.0. The van der Waals surface area contributed by atoms with Gasteiger partial charge in [-0.15, -0.1) is 5.73 Å². The SMILES string of the molecule is FC(F)(F)C(Br)=C=C1CCCCC1. The van der Waals surface area contributed by atoms with Crippen molar-refractivity contribution in [3.63, 3.8) is 0 Å². The highest BCUT2D eigenvalue weighted by atomic mass is 79.9. The van der Waals surface area contributed by atoms with Crippen LogP contribution in [0, 0.1) is 0 Å². The lowest BCUT2D eigenvalue weighted by Crippen LogP contribution is -2.06. The second-order valence-electron chi connectivity index (χ2n) is 3.10. The van der Waals surface area contributed by atoms with Gasteiger partial charge in [0.25, 0.3) is 0 Å². The van der Waals surface area contributed by atoms with Crippen LogP contribution in [0.25, 0.3) is 0 Å². The number of rotatable bonds is 0. The van der Waals surface area contributed by atoms with E-state index in [1.165, 1.54) is 0 Å². The molecule has 0 N–H and O–H groups in total. The minimum atomic E-state index is -4.29. The first-order chi connectivity index (χ1) is 6.00. The van der Waals surface area contributed by atoms with Crippen LogP contribution in [0.5, 0.6) is 0 Å². The molecule has 0 atom stereocenters. The molecule has 0 aromatic rings. The Morgan fingerprint density at radius 3 is 2.15 bits per heavy atom. The van der Waals surface area contributed by atoms with E-state index in [0.29, 0.717) is 0 Å². The summed E-state index contributed by atoms with van der Waals surface area (Å²) in [5, 5.41) is 0. The van der Waals surface area contributed by atoms with Gasteiger partial charge in [-0.25, -0.2) is 0 Å². The smallest absolute Gasteiger partial charge is 0.165 e. The molecule has 1 rings (SSSR count). The number of halogens is 4. The minimum absolute atomic E-state index is 0.755. The highest BCUT2D eigenvalue weighted by molar-refractivity contribution is 9.11. The van der Waals surface area contributed by atoms with Gasteiger partial charge in [0.05, 0.1) is 0 Å². The monoisotopic (exact) mass is 254 g/mol. The molecular formula is C9H10BrF3. The summed E-state index contributed by atoms with van der Waals surface area (Å²) in [6.45, 7) is 0. The third-order valence-electron chi connectivity index (χ3n) is 1.99. The topological polar surface area (TPSA) is 0 Å². The van der Waals surface area contributed by atoms with E-state index in [1.807, 2.05) is 0 Å². The molecule has 1 aliphatic rings. The number of alkyl halides is 3. The van der Waals surface area contributed by atoms with Crippen molar-refractivity contribution in [1.82, 2.24) is 0 Å². The van der Waals surface area contributed by atoms with E-state index in [0.717, 1.165) is 37.7 Å². The maximum Gasteiger partial charge on any atom is 0.430 e. The zero-order valence-electron chi connectivity index (χ0n) is 7.05. The normalized spacial score (nSPS) is 18.3. The summed E-state index contributed by atoms with van der Waals surface area (Å²) in [6, 6.07) is 0. The molecule has 0 amide bonds. The standard InChI is InChI=1S/C9H10BrF3/c10-8(9(11,12)13)6-7-4-2-1-3-5-7/h1-5H2. The quantitative estimate of drug-likeness (QED) is 0.565. The maximum atomic E-state index is 12.0. The lowest BCUT2D eigenvalue weighted by atomic mass is 9.96. The Balaban J connectivity index is 2.81. The highest BCUT2D eigenvalue weighted by Crippen LogP contribution is 2.31. The lowest BCUT2D eigenvalue weighted by Gasteiger charge is -2.11. The summed E-state index contributed by atoms with van der Waals surface area (Å²) in [6.07, 6.45) is 0.316. The Labute approximate surface area is 83.6 Å². The van der Waals surface area contributed by atoms with E-state index in [4.69, 9.17) is 0 Å². The van der Waals surface area contributed by atoms with Gasteiger partial charge >= 0.3 is 6.18 Å². The van der Waals surface area contributed by atoms with Crippen LogP contribution in [-0.4, -0.2) is 6.18 Å². The third-order valence-corrected chi connectivity index (χ3v) is 2.64. The summed E-state index contributed by atoms with van der Waals surface area (Å²) >= 11 is 2.49. The van der Waals surface area contributed by atoms with Crippen molar-refractivity contribution in [2.24, 2.45) is 0 Å². The van der Waals surface area contributed by atoms with Crippen molar-refractivity contribution in [3.05, 3.63) is 15.8 Å². The molecule has 0 nitrogen and oxygen atoms in total. The summed E-state index contributed by atoms with van der Waals surface area (Å²) < 4.78 is 35.4. The molecule has 0 heterocycles. The van der Waals surface area contributed by atoms with Gasteiger partial charge in [0.15, 0.2) is 0 Å². The average Bonchev–Trinajstić information content (AvgIpc) is 2.04. The average molecular weight is 255 g/mol. The predicted octanol–water partition coefficient (Wildman–Crippen LogP) is 4.32. The van der Waals surface area contributed by atoms with Gasteiger partial charge in [0.2, 0.25) is 0 Å². The van der Waals surface area contributed by atoms with E-state index in [2.05, 4.69) is 21.7 Å². The van der Waals surface area contributed by atoms with Gasteiger partial charge in [-0.05, 0) is 47.2 Å². The van der Waals surface area contributed by atoms with Crippen molar-refractivity contribution in [2.45, 2.75) is 38.3 Å². The summed E-state index contributed by atoms with van der Waals surface area (Å²) in [4.78, 5) is 0. The van der Waals surface area contributed by atoms with Crippen LogP contribution in [0.3, 0.4) is 0 Å². The molecular weight excluding hydrogens is 245 g/mol. The fraction of sp³-hybridized carbons (Fsp3) is 0.667. The molecule has 1 saturated carbocycles. The molecule has 1 fully saturated rings. The fourth-order valence-electron chi connectivity index (χ4n) is 1.33. The van der Waals surface area contributed by atoms with E-state index in [-0.39, 0.29) is 0 Å². The van der Waals surface area contributed by atoms with Crippen LogP contribution in [0.1, 0.15) is 32.1 Å². The van der Waals surface area contributed by atoms with E-state index in [1.54, 1.807) is 0 Å². The molecule has 1 aliphatic carbocycles. The van der Waals surface area contributed by atoms with Gasteiger partial charge in [0, 0.05) is 0 Å². The number of allylic oxidation sites excluding steroid dienone is 1. The van der Waals surface area contributed by atoms with E-state index < -0.39 is 10.7 Å². The van der Waals surface area contributed by atoms with E-state index >= 15 is 0 Å². The second kappa shape index (κ2) is 4.34. The number of hydrogen-bond acceptors (Lipinski definition) is 0. The van der Waals surface area contributed by atoms with Gasteiger partial charge in [0.1, 0.15) is 4.48 Å². The molecule has 0 aromatic heterocycles. The van der Waals surface area contributed by atoms with E-state index in [9.17, 15) is 13.2 Å². The van der Waals surface area contributed by atoms with Crippen LogP contribution in [0.4, 0.5) is 13.2 Å². The van der Waals surface area contributed by atoms with Crippen molar-refractivity contribution in [3.8, 4) is 0 Å².